The average molecular weight is 287 g/mol. The van der Waals surface area contributed by atoms with Crippen LogP contribution < -0.4 is 11.5 Å². The van der Waals surface area contributed by atoms with Crippen molar-refractivity contribution >= 4 is 11.8 Å². The summed E-state index contributed by atoms with van der Waals surface area (Å²) in [6, 6.07) is 5.25. The Morgan fingerprint density at radius 1 is 1.33 bits per heavy atom. The first-order chi connectivity index (χ1) is 9.86. The number of hydrogen-bond donors (Lipinski definition) is 2. The first-order valence-electron chi connectivity index (χ1n) is 6.75. The van der Waals surface area contributed by atoms with Crippen LogP contribution >= 0.6 is 0 Å². The molecule has 0 atom stereocenters. The maximum Gasteiger partial charge on any atom is 0.255 e. The highest BCUT2D eigenvalue weighted by atomic mass is 16.2. The van der Waals surface area contributed by atoms with Crippen molar-refractivity contribution in [3.63, 3.8) is 0 Å². The summed E-state index contributed by atoms with van der Waals surface area (Å²) in [5.74, 6) is 4.85. The van der Waals surface area contributed by atoms with E-state index < -0.39 is 5.91 Å². The Labute approximate surface area is 125 Å². The molecule has 0 aliphatic rings. The van der Waals surface area contributed by atoms with Crippen LogP contribution in [0.25, 0.3) is 0 Å². The van der Waals surface area contributed by atoms with E-state index in [0.717, 1.165) is 5.56 Å². The van der Waals surface area contributed by atoms with E-state index in [1.165, 1.54) is 4.90 Å². The standard InChI is InChI=1S/C16H21N3O2/c1-11(2)19(10-15(18)20)16(21)14-7-6-12(3)9-13(14)5-4-8-17/h6-7,9,11H,8,10,17H2,1-3H3,(H2,18,20). The van der Waals surface area contributed by atoms with E-state index in [-0.39, 0.29) is 25.0 Å². The van der Waals surface area contributed by atoms with Gasteiger partial charge in [0.05, 0.1) is 18.7 Å². The minimum absolute atomic E-state index is 0.117. The Morgan fingerprint density at radius 3 is 2.52 bits per heavy atom. The van der Waals surface area contributed by atoms with Crippen molar-refractivity contribution in [2.75, 3.05) is 13.1 Å². The van der Waals surface area contributed by atoms with Crippen LogP contribution in [0.15, 0.2) is 18.2 Å². The summed E-state index contributed by atoms with van der Waals surface area (Å²) >= 11 is 0. The monoisotopic (exact) mass is 287 g/mol. The van der Waals surface area contributed by atoms with E-state index >= 15 is 0 Å². The number of hydrogen-bond acceptors (Lipinski definition) is 3. The molecule has 4 N–H and O–H groups in total. The van der Waals surface area contributed by atoms with Crippen LogP contribution in [0.4, 0.5) is 0 Å². The highest BCUT2D eigenvalue weighted by molar-refractivity contribution is 5.98. The van der Waals surface area contributed by atoms with Crippen LogP contribution in [0.5, 0.6) is 0 Å². The Bertz CT molecular complexity index is 597. The topological polar surface area (TPSA) is 89.4 Å². The van der Waals surface area contributed by atoms with Crippen LogP contribution in [-0.2, 0) is 4.79 Å². The summed E-state index contributed by atoms with van der Waals surface area (Å²) in [6.45, 7) is 5.69. The molecule has 0 bridgehead atoms. The van der Waals surface area contributed by atoms with Gasteiger partial charge in [0.2, 0.25) is 5.91 Å². The quantitative estimate of drug-likeness (QED) is 0.796. The first-order valence-corrected chi connectivity index (χ1v) is 6.75. The number of nitrogens with zero attached hydrogens (tertiary/aromatic N) is 1. The fourth-order valence-electron chi connectivity index (χ4n) is 1.91. The molecule has 0 fully saturated rings. The Hall–Kier alpha value is -2.32. The van der Waals surface area contributed by atoms with Gasteiger partial charge in [-0.1, -0.05) is 17.9 Å². The molecule has 0 saturated carbocycles. The minimum atomic E-state index is -0.543. The molecule has 0 unspecified atom stereocenters. The van der Waals surface area contributed by atoms with Crippen LogP contribution in [0, 0.1) is 18.8 Å². The third kappa shape index (κ3) is 4.62. The molecule has 0 radical (unpaired) electrons. The molecule has 0 spiro atoms. The molecule has 5 nitrogen and oxygen atoms in total. The van der Waals surface area contributed by atoms with Crippen molar-refractivity contribution in [3.8, 4) is 11.8 Å². The van der Waals surface area contributed by atoms with E-state index in [4.69, 9.17) is 11.5 Å². The zero-order chi connectivity index (χ0) is 16.0. The van der Waals surface area contributed by atoms with Gasteiger partial charge < -0.3 is 16.4 Å². The summed E-state index contributed by atoms with van der Waals surface area (Å²) in [7, 11) is 0. The minimum Gasteiger partial charge on any atom is -0.368 e. The smallest absolute Gasteiger partial charge is 0.255 e. The summed E-state index contributed by atoms with van der Waals surface area (Å²) in [5.41, 5.74) is 12.7. The number of nitrogens with two attached hydrogens (primary N) is 2. The average Bonchev–Trinajstić information content (AvgIpc) is 2.41. The normalized spacial score (nSPS) is 9.95. The zero-order valence-electron chi connectivity index (χ0n) is 12.6. The maximum atomic E-state index is 12.6. The molecule has 1 rings (SSSR count). The number of benzene rings is 1. The summed E-state index contributed by atoms with van der Waals surface area (Å²) in [6.07, 6.45) is 0. The van der Waals surface area contributed by atoms with Crippen LogP contribution in [-0.4, -0.2) is 35.8 Å². The van der Waals surface area contributed by atoms with Crippen molar-refractivity contribution in [1.82, 2.24) is 4.90 Å². The molecular weight excluding hydrogens is 266 g/mol. The lowest BCUT2D eigenvalue weighted by molar-refractivity contribution is -0.119. The molecule has 1 aromatic carbocycles. The number of carbonyl (C=O) groups excluding carboxylic acids is 2. The maximum absolute atomic E-state index is 12.6. The molecular formula is C16H21N3O2. The number of rotatable bonds is 4. The van der Waals surface area contributed by atoms with Gasteiger partial charge in [0.15, 0.2) is 0 Å². The lowest BCUT2D eigenvalue weighted by atomic mass is 10.0. The van der Waals surface area contributed by atoms with Gasteiger partial charge in [-0.15, -0.1) is 0 Å². The highest BCUT2D eigenvalue weighted by Gasteiger charge is 2.22. The SMILES string of the molecule is Cc1ccc(C(=O)N(CC(N)=O)C(C)C)c(C#CCN)c1. The lowest BCUT2D eigenvalue weighted by Crippen LogP contribution is -2.43. The molecule has 5 heteroatoms. The number of amides is 2. The van der Waals surface area contributed by atoms with Crippen LogP contribution in [0.1, 0.15) is 35.3 Å². The Morgan fingerprint density at radius 2 is 2.00 bits per heavy atom. The Kier molecular flexibility index (Phi) is 5.94. The Balaban J connectivity index is 3.24. The third-order valence-electron chi connectivity index (χ3n) is 2.94. The van der Waals surface area contributed by atoms with Crippen LogP contribution in [0.2, 0.25) is 0 Å². The molecule has 2 amide bonds. The second-order valence-corrected chi connectivity index (χ2v) is 5.05. The number of aryl methyl sites for hydroxylation is 1. The van der Waals surface area contributed by atoms with E-state index in [9.17, 15) is 9.59 Å². The van der Waals surface area contributed by atoms with Gasteiger partial charge in [-0.05, 0) is 38.5 Å². The molecule has 0 saturated heterocycles. The van der Waals surface area contributed by atoms with Crippen molar-refractivity contribution in [2.45, 2.75) is 26.8 Å². The van der Waals surface area contributed by atoms with Crippen molar-refractivity contribution in [1.29, 1.82) is 0 Å². The van der Waals surface area contributed by atoms with Gasteiger partial charge in [-0.25, -0.2) is 0 Å². The van der Waals surface area contributed by atoms with Gasteiger partial charge in [-0.3, -0.25) is 9.59 Å². The summed E-state index contributed by atoms with van der Waals surface area (Å²) < 4.78 is 0. The predicted molar refractivity (Wildman–Crippen MR) is 82.5 cm³/mol. The van der Waals surface area contributed by atoms with Crippen molar-refractivity contribution < 1.29 is 9.59 Å². The fourth-order valence-corrected chi connectivity index (χ4v) is 1.91. The zero-order valence-corrected chi connectivity index (χ0v) is 12.6. The summed E-state index contributed by atoms with van der Waals surface area (Å²) in [4.78, 5) is 25.2. The first kappa shape index (κ1) is 16.7. The number of carbonyl (C=O) groups is 2. The van der Waals surface area contributed by atoms with E-state index in [1.54, 1.807) is 6.07 Å². The molecule has 21 heavy (non-hydrogen) atoms. The second-order valence-electron chi connectivity index (χ2n) is 5.05. The molecule has 0 heterocycles. The second kappa shape index (κ2) is 7.46. The molecule has 0 aliphatic heterocycles. The van der Waals surface area contributed by atoms with Gasteiger partial charge in [0.25, 0.3) is 5.91 Å². The van der Waals surface area contributed by atoms with E-state index in [1.807, 2.05) is 32.9 Å². The molecule has 112 valence electrons. The molecule has 1 aromatic rings. The lowest BCUT2D eigenvalue weighted by Gasteiger charge is -2.26. The predicted octanol–water partition coefficient (Wildman–Crippen LogP) is 0.641. The van der Waals surface area contributed by atoms with Crippen molar-refractivity contribution in [2.24, 2.45) is 11.5 Å². The molecule has 0 aliphatic carbocycles. The third-order valence-corrected chi connectivity index (χ3v) is 2.94. The van der Waals surface area contributed by atoms with Crippen LogP contribution in [0.3, 0.4) is 0 Å². The highest BCUT2D eigenvalue weighted by Crippen LogP contribution is 2.15. The van der Waals surface area contributed by atoms with Gasteiger partial charge in [-0.2, -0.15) is 0 Å². The van der Waals surface area contributed by atoms with Gasteiger partial charge >= 0.3 is 0 Å². The molecule has 0 aromatic heterocycles. The largest absolute Gasteiger partial charge is 0.368 e. The van der Waals surface area contributed by atoms with Gasteiger partial charge in [0, 0.05) is 11.6 Å². The van der Waals surface area contributed by atoms with E-state index in [0.29, 0.717) is 11.1 Å². The van der Waals surface area contributed by atoms with Gasteiger partial charge in [0.1, 0.15) is 0 Å². The van der Waals surface area contributed by atoms with Crippen molar-refractivity contribution in [3.05, 3.63) is 34.9 Å². The summed E-state index contributed by atoms with van der Waals surface area (Å²) in [5, 5.41) is 0. The number of primary amides is 1. The fraction of sp³-hybridized carbons (Fsp3) is 0.375. The van der Waals surface area contributed by atoms with E-state index in [2.05, 4.69) is 11.8 Å².